The number of anilines is 1. The lowest BCUT2D eigenvalue weighted by atomic mass is 10.1. The van der Waals surface area contributed by atoms with Crippen LogP contribution in [0.3, 0.4) is 0 Å². The van der Waals surface area contributed by atoms with Crippen molar-refractivity contribution in [2.75, 3.05) is 39.0 Å². The van der Waals surface area contributed by atoms with Crippen LogP contribution >= 0.6 is 0 Å². The Bertz CT molecular complexity index is 489. The molecule has 1 fully saturated rings. The summed E-state index contributed by atoms with van der Waals surface area (Å²) in [6, 6.07) is 3.93. The van der Waals surface area contributed by atoms with Crippen LogP contribution in [0.15, 0.2) is 12.1 Å². The van der Waals surface area contributed by atoms with Crippen molar-refractivity contribution in [3.05, 3.63) is 23.4 Å². The quantitative estimate of drug-likeness (QED) is 0.891. The largest absolute Gasteiger partial charge is 0.373 e. The highest BCUT2D eigenvalue weighted by atomic mass is 16.2. The molecule has 0 bridgehead atoms. The smallest absolute Gasteiger partial charge is 0.254 e. The number of hydrogen-bond donors (Lipinski definition) is 1. The molecule has 20 heavy (non-hydrogen) atoms. The summed E-state index contributed by atoms with van der Waals surface area (Å²) < 4.78 is 0. The van der Waals surface area contributed by atoms with Crippen LogP contribution in [-0.4, -0.2) is 60.5 Å². The number of carbonyl (C=O) groups excluding carboxylic acids is 1. The molecule has 1 saturated heterocycles. The predicted molar refractivity (Wildman–Crippen MR) is 81.1 cm³/mol. The molecule has 0 aliphatic carbocycles. The van der Waals surface area contributed by atoms with E-state index in [1.165, 1.54) is 0 Å². The summed E-state index contributed by atoms with van der Waals surface area (Å²) in [5, 5.41) is 3.01. The van der Waals surface area contributed by atoms with Gasteiger partial charge in [0.1, 0.15) is 5.82 Å². The van der Waals surface area contributed by atoms with E-state index in [9.17, 15) is 4.79 Å². The predicted octanol–water partition coefficient (Wildman–Crippen LogP) is 1.60. The Labute approximate surface area is 121 Å². The van der Waals surface area contributed by atoms with Crippen molar-refractivity contribution in [1.29, 1.82) is 0 Å². The lowest BCUT2D eigenvalue weighted by molar-refractivity contribution is 0.0696. The fourth-order valence-corrected chi connectivity index (χ4v) is 2.76. The van der Waals surface area contributed by atoms with Gasteiger partial charge in [0, 0.05) is 37.4 Å². The summed E-state index contributed by atoms with van der Waals surface area (Å²) in [5.74, 6) is 0.850. The second kappa shape index (κ2) is 6.22. The van der Waals surface area contributed by atoms with Crippen LogP contribution in [0.5, 0.6) is 0 Å². The van der Waals surface area contributed by atoms with Gasteiger partial charge in [-0.3, -0.25) is 4.79 Å². The van der Waals surface area contributed by atoms with Crippen molar-refractivity contribution < 1.29 is 4.79 Å². The lowest BCUT2D eigenvalue weighted by Crippen LogP contribution is -2.42. The van der Waals surface area contributed by atoms with Crippen LogP contribution in [-0.2, 0) is 0 Å². The maximum absolute atomic E-state index is 12.7. The van der Waals surface area contributed by atoms with Crippen molar-refractivity contribution in [3.8, 4) is 0 Å². The topological polar surface area (TPSA) is 48.5 Å². The van der Waals surface area contributed by atoms with Crippen LogP contribution < -0.4 is 5.32 Å². The number of nitrogens with one attached hydrogen (secondary N) is 1. The van der Waals surface area contributed by atoms with E-state index in [4.69, 9.17) is 0 Å². The number of rotatable bonds is 2. The van der Waals surface area contributed by atoms with Gasteiger partial charge in [-0.15, -0.1) is 0 Å². The molecule has 1 N–H and O–H groups in total. The van der Waals surface area contributed by atoms with E-state index in [1.54, 1.807) is 0 Å². The van der Waals surface area contributed by atoms with E-state index in [-0.39, 0.29) is 11.9 Å². The Morgan fingerprint density at radius 3 is 2.85 bits per heavy atom. The standard InChI is InChI=1S/C15H24N4O/c1-11-8-13(9-14(16-3)17-11)15(20)19-7-5-6-18(4)10-12(19)2/h8-9,12H,5-7,10H2,1-4H3,(H,16,17). The molecule has 1 amide bonds. The first-order valence-corrected chi connectivity index (χ1v) is 7.17. The van der Waals surface area contributed by atoms with Crippen molar-refractivity contribution in [1.82, 2.24) is 14.8 Å². The van der Waals surface area contributed by atoms with Gasteiger partial charge in [0.15, 0.2) is 0 Å². The van der Waals surface area contributed by atoms with Gasteiger partial charge in [0.2, 0.25) is 0 Å². The molecule has 1 aromatic heterocycles. The van der Waals surface area contributed by atoms with E-state index < -0.39 is 0 Å². The molecular weight excluding hydrogens is 252 g/mol. The minimum Gasteiger partial charge on any atom is -0.373 e. The van der Waals surface area contributed by atoms with Gasteiger partial charge in [-0.25, -0.2) is 4.98 Å². The molecule has 110 valence electrons. The van der Waals surface area contributed by atoms with E-state index >= 15 is 0 Å². The molecule has 0 spiro atoms. The normalized spacial score (nSPS) is 20.6. The fourth-order valence-electron chi connectivity index (χ4n) is 2.76. The molecule has 1 aromatic rings. The van der Waals surface area contributed by atoms with Crippen molar-refractivity contribution in [2.45, 2.75) is 26.3 Å². The fraction of sp³-hybridized carbons (Fsp3) is 0.600. The second-order valence-electron chi connectivity index (χ2n) is 5.60. The van der Waals surface area contributed by atoms with Crippen molar-refractivity contribution in [2.24, 2.45) is 0 Å². The number of nitrogens with zero attached hydrogens (tertiary/aromatic N) is 3. The second-order valence-corrected chi connectivity index (χ2v) is 5.60. The Morgan fingerprint density at radius 2 is 2.15 bits per heavy atom. The summed E-state index contributed by atoms with van der Waals surface area (Å²) in [7, 11) is 3.93. The van der Waals surface area contributed by atoms with Gasteiger partial charge in [-0.05, 0) is 46.0 Å². The Hall–Kier alpha value is -1.62. The monoisotopic (exact) mass is 276 g/mol. The van der Waals surface area contributed by atoms with Crippen LogP contribution in [0, 0.1) is 6.92 Å². The number of carbonyl (C=O) groups is 1. The van der Waals surface area contributed by atoms with Gasteiger partial charge in [-0.1, -0.05) is 0 Å². The molecule has 0 saturated carbocycles. The van der Waals surface area contributed by atoms with Crippen molar-refractivity contribution >= 4 is 11.7 Å². The molecule has 2 rings (SSSR count). The zero-order valence-corrected chi connectivity index (χ0v) is 12.8. The first kappa shape index (κ1) is 14.8. The third kappa shape index (κ3) is 3.28. The summed E-state index contributed by atoms with van der Waals surface area (Å²) in [6.45, 7) is 6.82. The van der Waals surface area contributed by atoms with Gasteiger partial charge >= 0.3 is 0 Å². The molecule has 1 aliphatic heterocycles. The minimum atomic E-state index is 0.106. The first-order valence-electron chi connectivity index (χ1n) is 7.17. The van der Waals surface area contributed by atoms with E-state index in [0.29, 0.717) is 0 Å². The van der Waals surface area contributed by atoms with Crippen LogP contribution in [0.4, 0.5) is 5.82 Å². The third-order valence-electron chi connectivity index (χ3n) is 3.76. The average Bonchev–Trinajstić information content (AvgIpc) is 2.57. The SMILES string of the molecule is CNc1cc(C(=O)N2CCCN(C)CC2C)cc(C)n1. The molecule has 1 aliphatic rings. The number of aryl methyl sites for hydroxylation is 1. The van der Waals surface area contributed by atoms with Crippen LogP contribution in [0.2, 0.25) is 0 Å². The zero-order valence-electron chi connectivity index (χ0n) is 12.8. The highest BCUT2D eigenvalue weighted by molar-refractivity contribution is 5.95. The van der Waals surface area contributed by atoms with E-state index in [2.05, 4.69) is 29.2 Å². The molecule has 2 heterocycles. The Morgan fingerprint density at radius 1 is 1.40 bits per heavy atom. The van der Waals surface area contributed by atoms with Crippen LogP contribution in [0.1, 0.15) is 29.4 Å². The summed E-state index contributed by atoms with van der Waals surface area (Å²) in [4.78, 5) is 21.4. The molecule has 0 radical (unpaired) electrons. The third-order valence-corrected chi connectivity index (χ3v) is 3.76. The first-order chi connectivity index (χ1) is 9.51. The molecular formula is C15H24N4O. The Balaban J connectivity index is 2.23. The Kier molecular flexibility index (Phi) is 4.60. The van der Waals surface area contributed by atoms with Gasteiger partial charge in [0.05, 0.1) is 0 Å². The molecule has 0 aromatic carbocycles. The highest BCUT2D eigenvalue weighted by Gasteiger charge is 2.25. The zero-order chi connectivity index (χ0) is 14.7. The summed E-state index contributed by atoms with van der Waals surface area (Å²) >= 11 is 0. The minimum absolute atomic E-state index is 0.106. The molecule has 5 nitrogen and oxygen atoms in total. The van der Waals surface area contributed by atoms with Gasteiger partial charge in [-0.2, -0.15) is 0 Å². The number of pyridine rings is 1. The van der Waals surface area contributed by atoms with E-state index in [1.807, 2.05) is 31.0 Å². The van der Waals surface area contributed by atoms with Crippen LogP contribution in [0.25, 0.3) is 0 Å². The summed E-state index contributed by atoms with van der Waals surface area (Å²) in [6.07, 6.45) is 1.02. The molecule has 5 heteroatoms. The number of aromatic nitrogens is 1. The average molecular weight is 276 g/mol. The molecule has 1 unspecified atom stereocenters. The number of hydrogen-bond acceptors (Lipinski definition) is 4. The summed E-state index contributed by atoms with van der Waals surface area (Å²) in [5.41, 5.74) is 1.58. The maximum atomic E-state index is 12.7. The number of amides is 1. The molecule has 1 atom stereocenters. The van der Waals surface area contributed by atoms with Gasteiger partial charge < -0.3 is 15.1 Å². The van der Waals surface area contributed by atoms with Crippen molar-refractivity contribution in [3.63, 3.8) is 0 Å². The van der Waals surface area contributed by atoms with Gasteiger partial charge in [0.25, 0.3) is 5.91 Å². The maximum Gasteiger partial charge on any atom is 0.254 e. The number of likely N-dealkylation sites (N-methyl/N-ethyl adjacent to an activating group) is 1. The van der Waals surface area contributed by atoms with E-state index in [0.717, 1.165) is 43.1 Å². The highest BCUT2D eigenvalue weighted by Crippen LogP contribution is 2.16. The lowest BCUT2D eigenvalue weighted by Gasteiger charge is -2.28.